The third-order valence-corrected chi connectivity index (χ3v) is 3.77. The molecule has 1 aromatic rings. The highest BCUT2D eigenvalue weighted by Crippen LogP contribution is 2.11. The van der Waals surface area contributed by atoms with E-state index >= 15 is 0 Å². The van der Waals surface area contributed by atoms with Crippen molar-refractivity contribution < 1.29 is 13.2 Å². The minimum Gasteiger partial charge on any atom is -0.367 e. The van der Waals surface area contributed by atoms with Crippen LogP contribution in [0.25, 0.3) is 0 Å². The van der Waals surface area contributed by atoms with Crippen LogP contribution < -0.4 is 10.5 Å². The first-order valence-corrected chi connectivity index (χ1v) is 8.12. The molecule has 1 saturated heterocycles. The first-order valence-electron chi connectivity index (χ1n) is 6.23. The molecule has 0 aliphatic carbocycles. The van der Waals surface area contributed by atoms with Crippen LogP contribution in [0.2, 0.25) is 0 Å². The molecule has 1 aliphatic heterocycles. The predicted molar refractivity (Wildman–Crippen MR) is 72.0 cm³/mol. The number of sulfonamides is 1. The number of carbonyl (C=O) groups excluding carboxylic acids is 1. The highest BCUT2D eigenvalue weighted by Gasteiger charge is 2.25. The summed E-state index contributed by atoms with van der Waals surface area (Å²) >= 11 is 0. The highest BCUT2D eigenvalue weighted by molar-refractivity contribution is 7.88. The highest BCUT2D eigenvalue weighted by atomic mass is 32.2. The molecule has 20 heavy (non-hydrogen) atoms. The average molecular weight is 302 g/mol. The number of likely N-dealkylation sites (tertiary alicyclic amines) is 1. The van der Waals surface area contributed by atoms with Crippen LogP contribution >= 0.6 is 0 Å². The van der Waals surface area contributed by atoms with E-state index in [1.54, 1.807) is 4.90 Å². The second-order valence-corrected chi connectivity index (χ2v) is 6.65. The Morgan fingerprint density at radius 2 is 2.35 bits per heavy atom. The number of amides is 1. The van der Waals surface area contributed by atoms with Crippen LogP contribution in [0.4, 0.5) is 5.95 Å². The molecule has 9 nitrogen and oxygen atoms in total. The normalized spacial score (nSPS) is 20.1. The molecule has 112 valence electrons. The zero-order chi connectivity index (χ0) is 14.8. The van der Waals surface area contributed by atoms with Gasteiger partial charge in [0.2, 0.25) is 21.9 Å². The molecule has 1 aliphatic rings. The van der Waals surface area contributed by atoms with Crippen molar-refractivity contribution in [2.45, 2.75) is 25.4 Å². The zero-order valence-electron chi connectivity index (χ0n) is 11.2. The second kappa shape index (κ2) is 5.75. The molecule has 1 amide bonds. The summed E-state index contributed by atoms with van der Waals surface area (Å²) in [7, 11) is -3.26. The van der Waals surface area contributed by atoms with E-state index in [-0.39, 0.29) is 24.4 Å². The fourth-order valence-corrected chi connectivity index (χ4v) is 3.02. The Labute approximate surface area is 117 Å². The number of carbonyl (C=O) groups is 1. The Balaban J connectivity index is 1.93. The largest absolute Gasteiger partial charge is 0.367 e. The number of nitrogens with zero attached hydrogens (tertiary/aromatic N) is 4. The van der Waals surface area contributed by atoms with Gasteiger partial charge in [-0.15, -0.1) is 5.10 Å². The van der Waals surface area contributed by atoms with Gasteiger partial charge in [0.05, 0.1) is 6.26 Å². The van der Waals surface area contributed by atoms with Crippen molar-refractivity contribution in [3.63, 3.8) is 0 Å². The molecule has 10 heteroatoms. The van der Waals surface area contributed by atoms with E-state index in [0.717, 1.165) is 19.1 Å². The van der Waals surface area contributed by atoms with E-state index < -0.39 is 10.0 Å². The summed E-state index contributed by atoms with van der Waals surface area (Å²) in [5.74, 6) is -0.0111. The van der Waals surface area contributed by atoms with Crippen LogP contribution in [0.1, 0.15) is 12.8 Å². The van der Waals surface area contributed by atoms with Crippen molar-refractivity contribution in [2.75, 3.05) is 25.1 Å². The zero-order valence-corrected chi connectivity index (χ0v) is 12.0. The summed E-state index contributed by atoms with van der Waals surface area (Å²) in [5.41, 5.74) is 5.38. The van der Waals surface area contributed by atoms with Crippen LogP contribution in [0.5, 0.6) is 0 Å². The van der Waals surface area contributed by atoms with Crippen molar-refractivity contribution in [1.82, 2.24) is 24.4 Å². The maximum absolute atomic E-state index is 12.1. The third-order valence-electron chi connectivity index (χ3n) is 3.01. The summed E-state index contributed by atoms with van der Waals surface area (Å²) in [4.78, 5) is 17.5. The van der Waals surface area contributed by atoms with Gasteiger partial charge in [-0.3, -0.25) is 4.79 Å². The number of nitrogens with one attached hydrogen (secondary N) is 1. The molecular weight excluding hydrogens is 284 g/mol. The van der Waals surface area contributed by atoms with Crippen LogP contribution in [-0.4, -0.2) is 59.4 Å². The molecule has 2 heterocycles. The van der Waals surface area contributed by atoms with Crippen molar-refractivity contribution in [3.8, 4) is 0 Å². The lowest BCUT2D eigenvalue weighted by Gasteiger charge is -2.32. The number of nitrogen functional groups attached to an aromatic ring is 1. The molecule has 0 saturated carbocycles. The summed E-state index contributed by atoms with van der Waals surface area (Å²) < 4.78 is 26.3. The van der Waals surface area contributed by atoms with E-state index in [1.807, 2.05) is 0 Å². The van der Waals surface area contributed by atoms with E-state index in [2.05, 4.69) is 14.8 Å². The molecule has 1 fully saturated rings. The standard InChI is InChI=1S/C10H18N6O3S/c1-20(18,19)14-8-3-2-4-15(5-8)9(17)6-16-7-12-10(11)13-16/h7-8,14H,2-6H2,1H3,(H2,11,13). The third kappa shape index (κ3) is 4.17. The van der Waals surface area contributed by atoms with Crippen LogP contribution in [-0.2, 0) is 21.4 Å². The van der Waals surface area contributed by atoms with Crippen LogP contribution in [0.15, 0.2) is 6.33 Å². The van der Waals surface area contributed by atoms with Crippen molar-refractivity contribution in [3.05, 3.63) is 6.33 Å². The fourth-order valence-electron chi connectivity index (χ4n) is 2.23. The molecule has 1 aromatic heterocycles. The predicted octanol–water partition coefficient (Wildman–Crippen LogP) is -1.60. The van der Waals surface area contributed by atoms with Crippen molar-refractivity contribution in [2.24, 2.45) is 0 Å². The molecular formula is C10H18N6O3S. The van der Waals surface area contributed by atoms with E-state index in [4.69, 9.17) is 5.73 Å². The number of anilines is 1. The molecule has 0 bridgehead atoms. The SMILES string of the molecule is CS(=O)(=O)NC1CCCN(C(=O)Cn2cnc(N)n2)C1. The van der Waals surface area contributed by atoms with Gasteiger partial charge in [0, 0.05) is 19.1 Å². The summed E-state index contributed by atoms with van der Waals surface area (Å²) in [6, 6.07) is -0.233. The van der Waals surface area contributed by atoms with Gasteiger partial charge in [0.15, 0.2) is 0 Å². The van der Waals surface area contributed by atoms with E-state index in [9.17, 15) is 13.2 Å². The number of rotatable bonds is 4. The maximum Gasteiger partial charge on any atom is 0.244 e. The van der Waals surface area contributed by atoms with E-state index in [1.165, 1.54) is 11.0 Å². The molecule has 1 unspecified atom stereocenters. The smallest absolute Gasteiger partial charge is 0.244 e. The first kappa shape index (κ1) is 14.7. The summed E-state index contributed by atoms with van der Waals surface area (Å²) in [5, 5.41) is 3.85. The fraction of sp³-hybridized carbons (Fsp3) is 0.700. The van der Waals surface area contributed by atoms with Gasteiger partial charge >= 0.3 is 0 Å². The number of piperidine rings is 1. The number of nitrogens with two attached hydrogens (primary N) is 1. The Morgan fingerprint density at radius 1 is 1.60 bits per heavy atom. The van der Waals surface area contributed by atoms with Gasteiger partial charge in [-0.05, 0) is 12.8 Å². The number of hydrogen-bond acceptors (Lipinski definition) is 6. The second-order valence-electron chi connectivity index (χ2n) is 4.87. The van der Waals surface area contributed by atoms with Gasteiger partial charge in [-0.2, -0.15) is 0 Å². The van der Waals surface area contributed by atoms with E-state index in [0.29, 0.717) is 13.1 Å². The van der Waals surface area contributed by atoms with Crippen LogP contribution in [0.3, 0.4) is 0 Å². The van der Waals surface area contributed by atoms with Crippen molar-refractivity contribution in [1.29, 1.82) is 0 Å². The van der Waals surface area contributed by atoms with Gasteiger partial charge in [-0.25, -0.2) is 22.8 Å². The lowest BCUT2D eigenvalue weighted by molar-refractivity contribution is -0.133. The molecule has 0 spiro atoms. The topological polar surface area (TPSA) is 123 Å². The molecule has 1 atom stereocenters. The lowest BCUT2D eigenvalue weighted by Crippen LogP contribution is -2.50. The minimum absolute atomic E-state index is 0.0514. The quantitative estimate of drug-likeness (QED) is 0.690. The molecule has 3 N–H and O–H groups in total. The average Bonchev–Trinajstić information content (AvgIpc) is 2.73. The molecule has 2 rings (SSSR count). The number of aromatic nitrogens is 3. The molecule has 0 radical (unpaired) electrons. The van der Waals surface area contributed by atoms with Crippen LogP contribution in [0, 0.1) is 0 Å². The van der Waals surface area contributed by atoms with Gasteiger partial charge < -0.3 is 10.6 Å². The van der Waals surface area contributed by atoms with Crippen molar-refractivity contribution >= 4 is 21.9 Å². The maximum atomic E-state index is 12.1. The summed E-state index contributed by atoms with van der Waals surface area (Å²) in [6.45, 7) is 1.04. The molecule has 0 aromatic carbocycles. The lowest BCUT2D eigenvalue weighted by atomic mass is 10.1. The van der Waals surface area contributed by atoms with Gasteiger partial charge in [0.1, 0.15) is 12.9 Å². The number of hydrogen-bond donors (Lipinski definition) is 2. The summed E-state index contributed by atoms with van der Waals surface area (Å²) in [6.07, 6.45) is 4.00. The first-order chi connectivity index (χ1) is 9.33. The minimum atomic E-state index is -3.26. The Bertz CT molecular complexity index is 584. The Morgan fingerprint density at radius 3 is 2.95 bits per heavy atom. The Hall–Kier alpha value is -1.68. The van der Waals surface area contributed by atoms with Gasteiger partial charge in [-0.1, -0.05) is 0 Å². The van der Waals surface area contributed by atoms with Gasteiger partial charge in [0.25, 0.3) is 0 Å². The monoisotopic (exact) mass is 302 g/mol. The Kier molecular flexibility index (Phi) is 4.23.